The number of ketones is 3. The largest absolute Gasteiger partial charge is 0.507 e. The molecule has 3 aliphatic rings. The molecule has 3 N–H and O–H groups in total. The topological polar surface area (TPSA) is 133 Å². The lowest BCUT2D eigenvalue weighted by Gasteiger charge is -2.30. The number of allylic oxidation sites excluding steroid dienone is 4. The second-order valence-corrected chi connectivity index (χ2v) is 10.0. The molecule has 196 valence electrons. The van der Waals surface area contributed by atoms with Gasteiger partial charge in [-0.1, -0.05) is 18.2 Å². The summed E-state index contributed by atoms with van der Waals surface area (Å²) in [6, 6.07) is 7.71. The van der Waals surface area contributed by atoms with Gasteiger partial charge in [-0.05, 0) is 52.2 Å². The molecule has 2 aromatic rings. The maximum atomic E-state index is 13.9. The van der Waals surface area contributed by atoms with Crippen molar-refractivity contribution in [2.45, 2.75) is 46.0 Å². The zero-order valence-electron chi connectivity index (χ0n) is 21.6. The van der Waals surface area contributed by atoms with E-state index in [1.54, 1.807) is 11.8 Å². The summed E-state index contributed by atoms with van der Waals surface area (Å²) in [5, 5.41) is 24.4. The predicted octanol–water partition coefficient (Wildman–Crippen LogP) is 3.14. The van der Waals surface area contributed by atoms with Gasteiger partial charge in [0.1, 0.15) is 34.0 Å². The number of Topliss-reactive ketones (excluding diaryl/α,β-unsaturated/α-hetero) is 2. The van der Waals surface area contributed by atoms with Crippen LogP contribution in [0.15, 0.2) is 47.4 Å². The number of aromatic hydroxyl groups is 2. The van der Waals surface area contributed by atoms with Gasteiger partial charge >= 0.3 is 0 Å². The zero-order chi connectivity index (χ0) is 27.5. The molecule has 0 saturated heterocycles. The number of anilines is 1. The molecule has 1 aliphatic carbocycles. The second kappa shape index (κ2) is 8.86. The number of ether oxygens (including phenoxy) is 1. The highest BCUT2D eigenvalue weighted by atomic mass is 16.5. The molecule has 9 heteroatoms. The van der Waals surface area contributed by atoms with Crippen molar-refractivity contribution in [2.75, 3.05) is 18.0 Å². The summed E-state index contributed by atoms with van der Waals surface area (Å²) in [6.07, 6.45) is 2.89. The molecule has 2 heterocycles. The van der Waals surface area contributed by atoms with Crippen LogP contribution in [0.5, 0.6) is 17.2 Å². The Bertz CT molecular complexity index is 1520. The number of hydrogen-bond donors (Lipinski definition) is 3. The van der Waals surface area contributed by atoms with Crippen LogP contribution in [0.25, 0.3) is 0 Å². The molecule has 0 fully saturated rings. The van der Waals surface area contributed by atoms with Crippen molar-refractivity contribution in [1.82, 2.24) is 5.32 Å². The van der Waals surface area contributed by atoms with Crippen LogP contribution in [-0.2, 0) is 26.2 Å². The Morgan fingerprint density at radius 1 is 1.13 bits per heavy atom. The van der Waals surface area contributed by atoms with Crippen molar-refractivity contribution in [1.29, 1.82) is 0 Å². The van der Waals surface area contributed by atoms with Gasteiger partial charge in [0.2, 0.25) is 5.91 Å². The van der Waals surface area contributed by atoms with Crippen LogP contribution >= 0.6 is 0 Å². The fraction of sp³-hybridized carbons (Fsp3) is 0.310. The molecule has 2 aliphatic heterocycles. The van der Waals surface area contributed by atoms with Gasteiger partial charge in [-0.2, -0.15) is 0 Å². The smallest absolute Gasteiger partial charge is 0.246 e. The Hall–Kier alpha value is -4.40. The van der Waals surface area contributed by atoms with E-state index in [2.05, 4.69) is 5.32 Å². The molecule has 1 atom stereocenters. The number of carbonyl (C=O) groups excluding carboxylic acids is 4. The van der Waals surface area contributed by atoms with Crippen molar-refractivity contribution in [3.63, 3.8) is 0 Å². The standard InChI is InChI=1S/C29H28N2O7/c1-14-25(35)23(16(3)32)27-24(26(14)36)29(4)20(38-27)12-19(33)22(28(29)37)15(2)30-13-21(34)31-11-7-9-17-8-5-6-10-18(17)31/h5-6,8,10,12,30,35-36H,7,9,11,13H2,1-4H3/b22-15+/t29-/m0/s1. The van der Waals surface area contributed by atoms with E-state index in [1.807, 2.05) is 24.3 Å². The van der Waals surface area contributed by atoms with Crippen LogP contribution in [0.2, 0.25) is 0 Å². The third kappa shape index (κ3) is 3.53. The molecule has 38 heavy (non-hydrogen) atoms. The average Bonchev–Trinajstić information content (AvgIpc) is 3.18. The third-order valence-electron chi connectivity index (χ3n) is 7.68. The number of hydrogen-bond acceptors (Lipinski definition) is 8. The molecular formula is C29H28N2O7. The maximum absolute atomic E-state index is 13.9. The molecule has 0 radical (unpaired) electrons. The van der Waals surface area contributed by atoms with Gasteiger partial charge in [-0.3, -0.25) is 19.2 Å². The van der Waals surface area contributed by atoms with Crippen molar-refractivity contribution >= 4 is 28.9 Å². The Kier molecular flexibility index (Phi) is 5.89. The Balaban J connectivity index is 1.49. The molecule has 0 unspecified atom stereocenters. The number of nitrogens with zero attached hydrogens (tertiary/aromatic N) is 1. The summed E-state index contributed by atoms with van der Waals surface area (Å²) >= 11 is 0. The van der Waals surface area contributed by atoms with E-state index >= 15 is 0 Å². The van der Waals surface area contributed by atoms with Crippen LogP contribution in [0.1, 0.15) is 54.2 Å². The summed E-state index contributed by atoms with van der Waals surface area (Å²) in [5.41, 5.74) is 0.265. The molecule has 5 rings (SSSR count). The summed E-state index contributed by atoms with van der Waals surface area (Å²) in [4.78, 5) is 54.1. The molecule has 0 aromatic heterocycles. The number of fused-ring (bicyclic) bond motifs is 4. The van der Waals surface area contributed by atoms with Crippen LogP contribution in [-0.4, -0.2) is 46.6 Å². The average molecular weight is 517 g/mol. The third-order valence-corrected chi connectivity index (χ3v) is 7.68. The number of carbonyl (C=O) groups is 4. The van der Waals surface area contributed by atoms with E-state index in [-0.39, 0.29) is 57.7 Å². The fourth-order valence-corrected chi connectivity index (χ4v) is 5.55. The SMILES string of the molecule is CC(=O)c1c(O)c(C)c(O)c2c1OC1=CC(=O)/C(=C(/C)NCC(=O)N3CCCc4ccccc43)C(=O)[C@@]12C. The second-order valence-electron chi connectivity index (χ2n) is 10.0. The van der Waals surface area contributed by atoms with Crippen LogP contribution in [0.3, 0.4) is 0 Å². The van der Waals surface area contributed by atoms with E-state index in [9.17, 15) is 29.4 Å². The number of nitrogens with one attached hydrogen (secondary N) is 1. The Morgan fingerprint density at radius 3 is 2.55 bits per heavy atom. The lowest BCUT2D eigenvalue weighted by molar-refractivity contribution is -0.124. The summed E-state index contributed by atoms with van der Waals surface area (Å²) in [5.74, 6) is -2.99. The van der Waals surface area contributed by atoms with Crippen LogP contribution < -0.4 is 15.0 Å². The molecule has 1 amide bonds. The summed E-state index contributed by atoms with van der Waals surface area (Å²) in [7, 11) is 0. The number of aryl methyl sites for hydroxylation is 1. The van der Waals surface area contributed by atoms with E-state index in [1.165, 1.54) is 20.8 Å². The molecule has 0 saturated carbocycles. The predicted molar refractivity (Wildman–Crippen MR) is 138 cm³/mol. The summed E-state index contributed by atoms with van der Waals surface area (Å²) in [6.45, 7) is 6.16. The normalized spacial score (nSPS) is 21.2. The van der Waals surface area contributed by atoms with Gasteiger partial charge in [0, 0.05) is 29.6 Å². The van der Waals surface area contributed by atoms with Gasteiger partial charge in [0.25, 0.3) is 0 Å². The van der Waals surface area contributed by atoms with Crippen LogP contribution in [0, 0.1) is 6.92 Å². The van der Waals surface area contributed by atoms with Crippen molar-refractivity contribution in [3.8, 4) is 17.2 Å². The Morgan fingerprint density at radius 2 is 1.84 bits per heavy atom. The van der Waals surface area contributed by atoms with Crippen molar-refractivity contribution in [2.24, 2.45) is 0 Å². The number of phenolic OH excluding ortho intramolecular Hbond substituents is 2. The molecule has 9 nitrogen and oxygen atoms in total. The minimum absolute atomic E-state index is 0.0213. The lowest BCUT2D eigenvalue weighted by Crippen LogP contribution is -2.43. The monoisotopic (exact) mass is 516 g/mol. The Labute approximate surface area is 219 Å². The van der Waals surface area contributed by atoms with E-state index in [4.69, 9.17) is 4.74 Å². The molecular weight excluding hydrogens is 488 g/mol. The van der Waals surface area contributed by atoms with Gasteiger partial charge in [0.05, 0.1) is 17.7 Å². The highest BCUT2D eigenvalue weighted by molar-refractivity contribution is 6.31. The lowest BCUT2D eigenvalue weighted by atomic mass is 9.70. The number of amides is 1. The molecule has 0 spiro atoms. The van der Waals surface area contributed by atoms with E-state index in [0.717, 1.165) is 30.2 Å². The first kappa shape index (κ1) is 25.3. The van der Waals surface area contributed by atoms with E-state index < -0.39 is 28.5 Å². The van der Waals surface area contributed by atoms with E-state index in [0.29, 0.717) is 6.54 Å². The molecule has 2 aromatic carbocycles. The summed E-state index contributed by atoms with van der Waals surface area (Å²) < 4.78 is 5.78. The minimum Gasteiger partial charge on any atom is -0.507 e. The number of para-hydroxylation sites is 1. The number of rotatable bonds is 4. The number of benzene rings is 2. The van der Waals surface area contributed by atoms with Crippen LogP contribution in [0.4, 0.5) is 5.69 Å². The van der Waals surface area contributed by atoms with Gasteiger partial charge in [0.15, 0.2) is 17.3 Å². The van der Waals surface area contributed by atoms with Gasteiger partial charge < -0.3 is 25.2 Å². The first-order chi connectivity index (χ1) is 18.0. The highest BCUT2D eigenvalue weighted by Gasteiger charge is 2.56. The maximum Gasteiger partial charge on any atom is 0.246 e. The quantitative estimate of drug-likeness (QED) is 0.321. The minimum atomic E-state index is -1.61. The number of phenols is 2. The van der Waals surface area contributed by atoms with Gasteiger partial charge in [-0.25, -0.2) is 0 Å². The zero-order valence-corrected chi connectivity index (χ0v) is 21.6. The first-order valence-corrected chi connectivity index (χ1v) is 12.4. The van der Waals surface area contributed by atoms with Gasteiger partial charge in [-0.15, -0.1) is 0 Å². The highest BCUT2D eigenvalue weighted by Crippen LogP contribution is 2.57. The van der Waals surface area contributed by atoms with Crippen molar-refractivity contribution in [3.05, 3.63) is 69.6 Å². The molecule has 0 bridgehead atoms. The van der Waals surface area contributed by atoms with Crippen molar-refractivity contribution < 1.29 is 34.1 Å². The first-order valence-electron chi connectivity index (χ1n) is 12.4. The fourth-order valence-electron chi connectivity index (χ4n) is 5.55.